The molecule has 0 atom stereocenters. The zero-order valence-electron chi connectivity index (χ0n) is 9.89. The van der Waals surface area contributed by atoms with Gasteiger partial charge >= 0.3 is 6.36 Å². The fourth-order valence-electron chi connectivity index (χ4n) is 1.53. The summed E-state index contributed by atoms with van der Waals surface area (Å²) in [4.78, 5) is 15.6. The number of aromatic nitrogens is 2. The minimum Gasteiger partial charge on any atom is -0.406 e. The Morgan fingerprint density at radius 1 is 1.25 bits per heavy atom. The summed E-state index contributed by atoms with van der Waals surface area (Å²) in [6.45, 7) is 0.206. The lowest BCUT2D eigenvalue weighted by molar-refractivity contribution is -0.274. The molecule has 0 amide bonds. The van der Waals surface area contributed by atoms with Crippen molar-refractivity contribution in [2.24, 2.45) is 0 Å². The first-order valence-corrected chi connectivity index (χ1v) is 6.19. The number of hydrogen-bond donors (Lipinski definition) is 0. The highest BCUT2D eigenvalue weighted by Crippen LogP contribution is 2.22. The van der Waals surface area contributed by atoms with E-state index in [1.807, 2.05) is 0 Å². The lowest BCUT2D eigenvalue weighted by Gasteiger charge is -2.10. The van der Waals surface area contributed by atoms with Gasteiger partial charge in [-0.2, -0.15) is 0 Å². The van der Waals surface area contributed by atoms with Gasteiger partial charge in [-0.15, -0.1) is 13.2 Å². The molecule has 0 saturated heterocycles. The molecule has 0 fully saturated rings. The zero-order chi connectivity index (χ0) is 14.8. The third kappa shape index (κ3) is 3.83. The van der Waals surface area contributed by atoms with Gasteiger partial charge in [0.25, 0.3) is 5.56 Å². The van der Waals surface area contributed by atoms with Crippen LogP contribution in [0.3, 0.4) is 0 Å². The minimum atomic E-state index is -4.72. The van der Waals surface area contributed by atoms with Crippen LogP contribution in [0.15, 0.2) is 46.1 Å². The van der Waals surface area contributed by atoms with Crippen molar-refractivity contribution in [2.75, 3.05) is 0 Å². The van der Waals surface area contributed by atoms with Gasteiger partial charge in [-0.05, 0) is 33.6 Å². The number of hydrogen-bond acceptors (Lipinski definition) is 3. The number of alkyl halides is 3. The van der Waals surface area contributed by atoms with Crippen LogP contribution in [-0.4, -0.2) is 15.9 Å². The van der Waals surface area contributed by atoms with Crippen LogP contribution in [0, 0.1) is 0 Å². The molecule has 1 aromatic carbocycles. The molecule has 0 aliphatic carbocycles. The summed E-state index contributed by atoms with van der Waals surface area (Å²) in [7, 11) is 0. The van der Waals surface area contributed by atoms with Gasteiger partial charge in [0.1, 0.15) is 10.2 Å². The van der Waals surface area contributed by atoms with Crippen LogP contribution in [0.2, 0.25) is 0 Å². The highest BCUT2D eigenvalue weighted by atomic mass is 79.9. The predicted octanol–water partition coefficient (Wildman–Crippen LogP) is 2.95. The molecule has 0 unspecified atom stereocenters. The van der Waals surface area contributed by atoms with Crippen LogP contribution in [0.4, 0.5) is 13.2 Å². The van der Waals surface area contributed by atoms with E-state index < -0.39 is 6.36 Å². The van der Waals surface area contributed by atoms with E-state index >= 15 is 0 Å². The maximum Gasteiger partial charge on any atom is 0.573 e. The molecular formula is C12H8BrF3N2O2. The minimum absolute atomic E-state index is 0.206. The molecule has 2 aromatic rings. The normalized spacial score (nSPS) is 11.4. The molecule has 20 heavy (non-hydrogen) atoms. The molecule has 0 radical (unpaired) electrons. The summed E-state index contributed by atoms with van der Waals surface area (Å²) in [5.74, 6) is -0.305. The maximum atomic E-state index is 12.0. The average molecular weight is 349 g/mol. The molecule has 0 aliphatic rings. The van der Waals surface area contributed by atoms with Gasteiger partial charge in [0, 0.05) is 6.20 Å². The van der Waals surface area contributed by atoms with Crippen molar-refractivity contribution in [1.29, 1.82) is 0 Å². The third-order valence-corrected chi connectivity index (χ3v) is 2.91. The second-order valence-corrected chi connectivity index (χ2v) is 4.72. The monoisotopic (exact) mass is 348 g/mol. The summed E-state index contributed by atoms with van der Waals surface area (Å²) in [5.41, 5.74) is 0.386. The quantitative estimate of drug-likeness (QED) is 0.856. The van der Waals surface area contributed by atoms with E-state index in [4.69, 9.17) is 0 Å². The second-order valence-electron chi connectivity index (χ2n) is 3.87. The van der Waals surface area contributed by atoms with Gasteiger partial charge in [0.05, 0.1) is 12.9 Å². The summed E-state index contributed by atoms with van der Waals surface area (Å²) in [6.07, 6.45) is -1.99. The van der Waals surface area contributed by atoms with Crippen molar-refractivity contribution in [3.8, 4) is 5.75 Å². The summed E-state index contributed by atoms with van der Waals surface area (Å²) < 4.78 is 41.4. The molecule has 4 nitrogen and oxygen atoms in total. The summed E-state index contributed by atoms with van der Waals surface area (Å²) in [6, 6.07) is 5.29. The lowest BCUT2D eigenvalue weighted by Crippen LogP contribution is -2.21. The van der Waals surface area contributed by atoms with Crippen molar-refractivity contribution in [2.45, 2.75) is 12.9 Å². The summed E-state index contributed by atoms with van der Waals surface area (Å²) >= 11 is 3.06. The van der Waals surface area contributed by atoms with Crippen molar-refractivity contribution >= 4 is 15.9 Å². The molecule has 8 heteroatoms. The van der Waals surface area contributed by atoms with Crippen molar-refractivity contribution in [3.05, 3.63) is 57.2 Å². The van der Waals surface area contributed by atoms with Crippen LogP contribution in [0.25, 0.3) is 0 Å². The molecule has 1 heterocycles. The number of rotatable bonds is 3. The summed E-state index contributed by atoms with van der Waals surface area (Å²) in [5, 5.41) is 0. The fourth-order valence-corrected chi connectivity index (χ4v) is 1.88. The van der Waals surface area contributed by atoms with Crippen LogP contribution >= 0.6 is 15.9 Å². The smallest absolute Gasteiger partial charge is 0.406 e. The number of nitrogens with zero attached hydrogens (tertiary/aromatic N) is 2. The van der Waals surface area contributed by atoms with Gasteiger partial charge < -0.3 is 4.74 Å². The average Bonchev–Trinajstić information content (AvgIpc) is 2.35. The molecule has 0 saturated carbocycles. The topological polar surface area (TPSA) is 44.1 Å². The van der Waals surface area contributed by atoms with E-state index in [-0.39, 0.29) is 17.9 Å². The molecule has 0 bridgehead atoms. The lowest BCUT2D eigenvalue weighted by atomic mass is 10.2. The van der Waals surface area contributed by atoms with Gasteiger partial charge in [0.15, 0.2) is 0 Å². The van der Waals surface area contributed by atoms with Crippen molar-refractivity contribution in [1.82, 2.24) is 9.55 Å². The second kappa shape index (κ2) is 5.66. The highest BCUT2D eigenvalue weighted by molar-refractivity contribution is 9.10. The Morgan fingerprint density at radius 2 is 1.90 bits per heavy atom. The zero-order valence-corrected chi connectivity index (χ0v) is 11.5. The Bertz CT molecular complexity index is 653. The fraction of sp³-hybridized carbons (Fsp3) is 0.167. The molecule has 106 valence electrons. The Hall–Kier alpha value is -1.83. The third-order valence-electron chi connectivity index (χ3n) is 2.37. The van der Waals surface area contributed by atoms with E-state index in [1.165, 1.54) is 41.4 Å². The molecule has 1 aromatic heterocycles. The molecule has 0 spiro atoms. The Labute approximate surface area is 120 Å². The first-order chi connectivity index (χ1) is 9.35. The molecule has 0 aliphatic heterocycles. The molecular weight excluding hydrogens is 341 g/mol. The van der Waals surface area contributed by atoms with E-state index in [9.17, 15) is 18.0 Å². The van der Waals surface area contributed by atoms with Gasteiger partial charge in [-0.25, -0.2) is 4.98 Å². The van der Waals surface area contributed by atoms with E-state index in [0.29, 0.717) is 10.0 Å². The molecule has 0 N–H and O–H groups in total. The van der Waals surface area contributed by atoms with E-state index in [1.54, 1.807) is 0 Å². The largest absolute Gasteiger partial charge is 0.573 e. The van der Waals surface area contributed by atoms with Crippen LogP contribution in [-0.2, 0) is 6.54 Å². The highest BCUT2D eigenvalue weighted by Gasteiger charge is 2.30. The van der Waals surface area contributed by atoms with Crippen molar-refractivity contribution < 1.29 is 17.9 Å². The number of ether oxygens (including phenoxy) is 1. The number of benzene rings is 1. The predicted molar refractivity (Wildman–Crippen MR) is 68.4 cm³/mol. The van der Waals surface area contributed by atoms with Gasteiger partial charge in [0.2, 0.25) is 0 Å². The first-order valence-electron chi connectivity index (χ1n) is 5.40. The maximum absolute atomic E-state index is 12.0. The Kier molecular flexibility index (Phi) is 4.12. The van der Waals surface area contributed by atoms with Crippen LogP contribution in [0.1, 0.15) is 5.56 Å². The van der Waals surface area contributed by atoms with Crippen molar-refractivity contribution in [3.63, 3.8) is 0 Å². The van der Waals surface area contributed by atoms with Crippen LogP contribution in [0.5, 0.6) is 5.75 Å². The Balaban J connectivity index is 2.15. The standard InChI is InChI=1S/C12H8BrF3N2O2/c13-10-5-17-7-18(11(10)19)6-8-1-3-9(4-2-8)20-12(14,15)16/h1-5,7H,6H2. The number of halogens is 4. The first kappa shape index (κ1) is 14.6. The van der Waals surface area contributed by atoms with E-state index in [2.05, 4.69) is 25.7 Å². The SMILES string of the molecule is O=c1c(Br)cncn1Cc1ccc(OC(F)(F)F)cc1. The molecule has 2 rings (SSSR count). The van der Waals surface area contributed by atoms with Gasteiger partial charge in [-0.1, -0.05) is 12.1 Å². The Morgan fingerprint density at radius 3 is 2.50 bits per heavy atom. The van der Waals surface area contributed by atoms with E-state index in [0.717, 1.165) is 0 Å². The van der Waals surface area contributed by atoms with Gasteiger partial charge in [-0.3, -0.25) is 9.36 Å². The van der Waals surface area contributed by atoms with Crippen LogP contribution < -0.4 is 10.3 Å².